The second-order valence-electron chi connectivity index (χ2n) is 2.69. The summed E-state index contributed by atoms with van der Waals surface area (Å²) in [4.78, 5) is 7.59. The van der Waals surface area contributed by atoms with E-state index in [-0.39, 0.29) is 8.41 Å². The first-order valence-electron chi connectivity index (χ1n) is 3.94. The number of benzene rings is 1. The maximum Gasteiger partial charge on any atom is 0.111 e. The number of fused-ring (bicyclic) bond motifs is 1. The molecule has 2 aromatic rings. The Labute approximate surface area is 79.3 Å². The summed E-state index contributed by atoms with van der Waals surface area (Å²) in [6.45, 7) is 3.67. The lowest BCUT2D eigenvalue weighted by Crippen LogP contribution is -1.81. The summed E-state index contributed by atoms with van der Waals surface area (Å²) in [5, 5.41) is 0. The molecule has 0 spiro atoms. The number of nitrogens with zero attached hydrogens (tertiary/aromatic N) is 1. The van der Waals surface area contributed by atoms with Crippen LogP contribution >= 0.6 is 0 Å². The molecule has 0 aliphatic carbocycles. The lowest BCUT2D eigenvalue weighted by molar-refractivity contribution is 1.07. The Morgan fingerprint density at radius 2 is 2.15 bits per heavy atom. The van der Waals surface area contributed by atoms with E-state index in [0.29, 0.717) is 0 Å². The van der Waals surface area contributed by atoms with Gasteiger partial charge in [0.05, 0.1) is 11.0 Å². The molecule has 3 radical (unpaired) electrons. The first-order chi connectivity index (χ1) is 5.90. The summed E-state index contributed by atoms with van der Waals surface area (Å²) in [5.74, 6) is 0.978. The summed E-state index contributed by atoms with van der Waals surface area (Å²) in [7, 11) is 0. The third-order valence-corrected chi connectivity index (χ3v) is 1.78. The van der Waals surface area contributed by atoms with Crippen LogP contribution in [0.25, 0.3) is 11.0 Å². The predicted molar refractivity (Wildman–Crippen MR) is 55.7 cm³/mol. The molecule has 0 aliphatic rings. The molecule has 0 bridgehead atoms. The summed E-state index contributed by atoms with van der Waals surface area (Å²) in [5.41, 5.74) is 2.11. The topological polar surface area (TPSA) is 28.7 Å². The van der Waals surface area contributed by atoms with Crippen molar-refractivity contribution in [1.29, 1.82) is 0 Å². The minimum Gasteiger partial charge on any atom is -0.342 e. The minimum absolute atomic E-state index is 0. The van der Waals surface area contributed by atoms with Crippen LogP contribution in [-0.4, -0.2) is 18.4 Å². The first-order valence-corrected chi connectivity index (χ1v) is 3.94. The van der Waals surface area contributed by atoms with Gasteiger partial charge in [-0.05, 0) is 12.1 Å². The Kier molecular flexibility index (Phi) is 2.90. The summed E-state index contributed by atoms with van der Waals surface area (Å²) in [6, 6.07) is 8.01. The largest absolute Gasteiger partial charge is 0.342 e. The number of aromatic amines is 1. The van der Waals surface area contributed by atoms with Crippen molar-refractivity contribution in [2.24, 2.45) is 0 Å². The van der Waals surface area contributed by atoms with Crippen LogP contribution in [0.4, 0.5) is 0 Å². The van der Waals surface area contributed by atoms with Gasteiger partial charge in [-0.3, -0.25) is 0 Å². The summed E-state index contributed by atoms with van der Waals surface area (Å²) in [6.07, 6.45) is 2.65. The summed E-state index contributed by atoms with van der Waals surface area (Å²) >= 11 is 0. The molecule has 0 atom stereocenters. The number of H-pyrrole nitrogens is 1. The second-order valence-corrected chi connectivity index (χ2v) is 2.69. The average Bonchev–Trinajstić information content (AvgIpc) is 2.47. The number of nitrogens with one attached hydrogen (secondary N) is 1. The molecule has 0 amide bonds. The molecule has 0 aliphatic heterocycles. The molecule has 0 fully saturated rings. The highest BCUT2D eigenvalue weighted by atomic mass is 14.9. The van der Waals surface area contributed by atoms with E-state index >= 15 is 0 Å². The zero-order valence-corrected chi connectivity index (χ0v) is 7.33. The van der Waals surface area contributed by atoms with Crippen molar-refractivity contribution in [3.05, 3.63) is 42.7 Å². The Balaban J connectivity index is 0.000000845. The smallest absolute Gasteiger partial charge is 0.111 e. The van der Waals surface area contributed by atoms with Gasteiger partial charge in [-0.15, -0.1) is 6.58 Å². The maximum absolute atomic E-state index is 4.38. The average molecular weight is 169 g/mol. The maximum atomic E-state index is 4.38. The monoisotopic (exact) mass is 169 g/mol. The molecule has 1 heterocycles. The number of hydrogen-bond donors (Lipinski definition) is 1. The van der Waals surface area contributed by atoms with Gasteiger partial charge in [0.15, 0.2) is 0 Å². The van der Waals surface area contributed by atoms with Gasteiger partial charge in [-0.25, -0.2) is 4.98 Å². The Bertz CT molecular complexity index is 373. The van der Waals surface area contributed by atoms with E-state index in [4.69, 9.17) is 0 Å². The van der Waals surface area contributed by atoms with Crippen molar-refractivity contribution in [2.45, 2.75) is 6.42 Å². The third-order valence-electron chi connectivity index (χ3n) is 1.78. The van der Waals surface area contributed by atoms with Crippen molar-refractivity contribution in [3.63, 3.8) is 0 Å². The van der Waals surface area contributed by atoms with Crippen molar-refractivity contribution in [2.75, 3.05) is 0 Å². The molecule has 1 aromatic carbocycles. The number of imidazole rings is 1. The molecular formula is C10H10BN2. The molecule has 0 saturated heterocycles. The van der Waals surface area contributed by atoms with E-state index < -0.39 is 0 Å². The van der Waals surface area contributed by atoms with Crippen molar-refractivity contribution in [3.8, 4) is 0 Å². The number of para-hydroxylation sites is 2. The molecule has 0 unspecified atom stereocenters. The number of allylic oxidation sites excluding steroid dienone is 1. The van der Waals surface area contributed by atoms with E-state index in [1.807, 2.05) is 30.3 Å². The quantitative estimate of drug-likeness (QED) is 0.539. The van der Waals surface area contributed by atoms with Gasteiger partial charge in [0.2, 0.25) is 0 Å². The van der Waals surface area contributed by atoms with Gasteiger partial charge < -0.3 is 4.98 Å². The van der Waals surface area contributed by atoms with Crippen LogP contribution in [0, 0.1) is 0 Å². The van der Waals surface area contributed by atoms with Crippen molar-refractivity contribution < 1.29 is 0 Å². The molecule has 1 aromatic heterocycles. The Morgan fingerprint density at radius 3 is 2.85 bits per heavy atom. The van der Waals surface area contributed by atoms with Crippen LogP contribution in [0.5, 0.6) is 0 Å². The van der Waals surface area contributed by atoms with Crippen LogP contribution in [0.2, 0.25) is 0 Å². The van der Waals surface area contributed by atoms with Gasteiger partial charge in [0.1, 0.15) is 5.82 Å². The fraction of sp³-hybridized carbons (Fsp3) is 0.100. The van der Waals surface area contributed by atoms with Crippen LogP contribution in [0.1, 0.15) is 5.82 Å². The van der Waals surface area contributed by atoms with E-state index in [1.165, 1.54) is 0 Å². The molecule has 0 saturated carbocycles. The third kappa shape index (κ3) is 1.80. The fourth-order valence-corrected chi connectivity index (χ4v) is 1.24. The normalized spacial score (nSPS) is 9.54. The van der Waals surface area contributed by atoms with Gasteiger partial charge in [-0.2, -0.15) is 0 Å². The van der Waals surface area contributed by atoms with E-state index in [2.05, 4.69) is 16.5 Å². The SMILES string of the molecule is C=CCc1nc2ccccc2[nH]1.[B]. The second kappa shape index (κ2) is 3.94. The fourth-order valence-electron chi connectivity index (χ4n) is 1.24. The van der Waals surface area contributed by atoms with Gasteiger partial charge in [0, 0.05) is 14.8 Å². The molecule has 63 valence electrons. The Morgan fingerprint density at radius 1 is 1.38 bits per heavy atom. The molecule has 2 nitrogen and oxygen atoms in total. The van der Waals surface area contributed by atoms with Crippen LogP contribution in [-0.2, 0) is 6.42 Å². The minimum atomic E-state index is 0. The van der Waals surface area contributed by atoms with Gasteiger partial charge >= 0.3 is 0 Å². The van der Waals surface area contributed by atoms with Crippen LogP contribution < -0.4 is 0 Å². The van der Waals surface area contributed by atoms with Crippen molar-refractivity contribution in [1.82, 2.24) is 9.97 Å². The zero-order valence-electron chi connectivity index (χ0n) is 7.33. The Hall–Kier alpha value is -1.51. The van der Waals surface area contributed by atoms with Crippen molar-refractivity contribution >= 4 is 19.4 Å². The zero-order chi connectivity index (χ0) is 8.39. The van der Waals surface area contributed by atoms with E-state index in [1.54, 1.807) is 0 Å². The molecular weight excluding hydrogens is 159 g/mol. The summed E-state index contributed by atoms with van der Waals surface area (Å²) < 4.78 is 0. The first kappa shape index (κ1) is 9.58. The van der Waals surface area contributed by atoms with Gasteiger partial charge in [0.25, 0.3) is 0 Å². The number of aromatic nitrogens is 2. The standard InChI is InChI=1S/C10H10N2.B/c1-2-5-10-11-8-6-3-4-7-9(8)12-10;/h2-4,6-7H,1,5H2,(H,11,12);. The molecule has 2 rings (SSSR count). The highest BCUT2D eigenvalue weighted by molar-refractivity contribution is 5.75. The molecule has 13 heavy (non-hydrogen) atoms. The van der Waals surface area contributed by atoms with Gasteiger partial charge in [-0.1, -0.05) is 18.2 Å². The van der Waals surface area contributed by atoms with E-state index in [0.717, 1.165) is 23.3 Å². The van der Waals surface area contributed by atoms with E-state index in [9.17, 15) is 0 Å². The molecule has 1 N–H and O–H groups in total. The highest BCUT2D eigenvalue weighted by Gasteiger charge is 1.97. The lowest BCUT2D eigenvalue weighted by atomic mass is 10.3. The van der Waals surface area contributed by atoms with Crippen LogP contribution in [0.3, 0.4) is 0 Å². The predicted octanol–water partition coefficient (Wildman–Crippen LogP) is 1.91. The highest BCUT2D eigenvalue weighted by Crippen LogP contribution is 2.10. The van der Waals surface area contributed by atoms with Crippen LogP contribution in [0.15, 0.2) is 36.9 Å². The lowest BCUT2D eigenvalue weighted by Gasteiger charge is -1.83. The number of hydrogen-bond acceptors (Lipinski definition) is 1. The number of rotatable bonds is 2. The molecule has 3 heteroatoms.